The number of amides is 1. The quantitative estimate of drug-likeness (QED) is 0.424. The molecular weight excluding hydrogens is 449 g/mol. The van der Waals surface area contributed by atoms with E-state index in [4.69, 9.17) is 23.2 Å². The highest BCUT2D eigenvalue weighted by Gasteiger charge is 2.50. The lowest BCUT2D eigenvalue weighted by Gasteiger charge is -2.30. The number of aliphatic hydroxyl groups is 1. The molecule has 0 aliphatic carbocycles. The largest absolute Gasteiger partial charge is 0.507 e. The van der Waals surface area contributed by atoms with E-state index in [2.05, 4.69) is 0 Å². The van der Waals surface area contributed by atoms with E-state index < -0.39 is 33.6 Å². The van der Waals surface area contributed by atoms with Gasteiger partial charge < -0.3 is 10.0 Å². The molecule has 0 spiro atoms. The summed E-state index contributed by atoms with van der Waals surface area (Å²) in [6, 6.07) is 11.2. The maximum absolute atomic E-state index is 13.0. The standard InChI is InChI=1S/C21H17Cl2NO5S/c22-14-5-1-12(2-6-14)18-17(19(25)13-3-7-15(23)8-4-13)20(26)21(27)24(18)16-9-10-30(28,29)11-16/h1-8,16,18,25H,9-11H2/b19-17-. The summed E-state index contributed by atoms with van der Waals surface area (Å²) in [5.41, 5.74) is 0.794. The molecule has 0 bridgehead atoms. The van der Waals surface area contributed by atoms with Crippen molar-refractivity contribution < 1.29 is 23.1 Å². The highest BCUT2D eigenvalue weighted by Crippen LogP contribution is 2.42. The number of ketones is 1. The van der Waals surface area contributed by atoms with E-state index in [0.717, 1.165) is 0 Å². The Morgan fingerprint density at radius 2 is 1.53 bits per heavy atom. The smallest absolute Gasteiger partial charge is 0.295 e. The molecule has 1 amide bonds. The van der Waals surface area contributed by atoms with Gasteiger partial charge in [0.2, 0.25) is 0 Å². The molecule has 2 heterocycles. The van der Waals surface area contributed by atoms with Crippen molar-refractivity contribution in [3.05, 3.63) is 75.3 Å². The van der Waals surface area contributed by atoms with Crippen molar-refractivity contribution in [2.75, 3.05) is 11.5 Å². The van der Waals surface area contributed by atoms with Crippen LogP contribution in [-0.4, -0.2) is 47.7 Å². The summed E-state index contributed by atoms with van der Waals surface area (Å²) >= 11 is 11.9. The van der Waals surface area contributed by atoms with E-state index in [0.29, 0.717) is 21.2 Å². The molecular formula is C21H17Cl2NO5S. The molecule has 2 aliphatic rings. The van der Waals surface area contributed by atoms with Gasteiger partial charge in [-0.15, -0.1) is 0 Å². The van der Waals surface area contributed by atoms with Gasteiger partial charge in [-0.2, -0.15) is 0 Å². The Hall–Kier alpha value is -2.35. The van der Waals surface area contributed by atoms with Gasteiger partial charge in [0.25, 0.3) is 11.7 Å². The SMILES string of the molecule is O=C1C(=O)N(C2CCS(=O)(=O)C2)C(c2ccc(Cl)cc2)/C1=C(/O)c1ccc(Cl)cc1. The Morgan fingerprint density at radius 1 is 0.967 bits per heavy atom. The van der Waals surface area contributed by atoms with Crippen LogP contribution in [0.5, 0.6) is 0 Å². The highest BCUT2D eigenvalue weighted by atomic mass is 35.5. The van der Waals surface area contributed by atoms with Crippen molar-refractivity contribution in [3.8, 4) is 0 Å². The minimum Gasteiger partial charge on any atom is -0.507 e. The number of halogens is 2. The number of nitrogens with zero attached hydrogens (tertiary/aromatic N) is 1. The van der Waals surface area contributed by atoms with E-state index in [1.807, 2.05) is 0 Å². The predicted octanol–water partition coefficient (Wildman–Crippen LogP) is 3.60. The number of hydrogen-bond acceptors (Lipinski definition) is 5. The number of carbonyl (C=O) groups excluding carboxylic acids is 2. The van der Waals surface area contributed by atoms with Crippen LogP contribution in [0.4, 0.5) is 0 Å². The first-order chi connectivity index (χ1) is 14.2. The first-order valence-electron chi connectivity index (χ1n) is 9.20. The fourth-order valence-corrected chi connectivity index (χ4v) is 5.92. The Balaban J connectivity index is 1.88. The first kappa shape index (κ1) is 20.9. The molecule has 6 nitrogen and oxygen atoms in total. The van der Waals surface area contributed by atoms with Gasteiger partial charge in [-0.3, -0.25) is 9.59 Å². The minimum absolute atomic E-state index is 0.0504. The van der Waals surface area contributed by atoms with Crippen molar-refractivity contribution in [1.29, 1.82) is 0 Å². The lowest BCUT2D eigenvalue weighted by molar-refractivity contribution is -0.141. The number of aliphatic hydroxyl groups excluding tert-OH is 1. The molecule has 1 N–H and O–H groups in total. The molecule has 2 unspecified atom stereocenters. The van der Waals surface area contributed by atoms with E-state index in [1.165, 1.54) is 4.90 Å². The summed E-state index contributed by atoms with van der Waals surface area (Å²) in [6.07, 6.45) is 0.237. The normalized spacial score (nSPS) is 25.1. The van der Waals surface area contributed by atoms with Gasteiger partial charge >= 0.3 is 0 Å². The van der Waals surface area contributed by atoms with Crippen molar-refractivity contribution in [2.24, 2.45) is 0 Å². The predicted molar refractivity (Wildman–Crippen MR) is 114 cm³/mol. The van der Waals surface area contributed by atoms with Crippen LogP contribution >= 0.6 is 23.2 Å². The van der Waals surface area contributed by atoms with Crippen LogP contribution in [0.15, 0.2) is 54.1 Å². The van der Waals surface area contributed by atoms with Crippen molar-refractivity contribution in [3.63, 3.8) is 0 Å². The van der Waals surface area contributed by atoms with Crippen LogP contribution in [0.3, 0.4) is 0 Å². The molecule has 0 aromatic heterocycles. The number of Topliss-reactive ketones (excluding diaryl/α,β-unsaturated/α-hetero) is 1. The van der Waals surface area contributed by atoms with Crippen LogP contribution < -0.4 is 0 Å². The topological polar surface area (TPSA) is 91.8 Å². The second kappa shape index (κ2) is 7.72. The molecule has 2 fully saturated rings. The fourth-order valence-electron chi connectivity index (χ4n) is 3.96. The molecule has 156 valence electrons. The van der Waals surface area contributed by atoms with Crippen molar-refractivity contribution in [2.45, 2.75) is 18.5 Å². The number of benzene rings is 2. The second-order valence-electron chi connectivity index (χ2n) is 7.32. The van der Waals surface area contributed by atoms with Crippen LogP contribution in [0, 0.1) is 0 Å². The van der Waals surface area contributed by atoms with Gasteiger partial charge in [0, 0.05) is 21.7 Å². The second-order valence-corrected chi connectivity index (χ2v) is 10.4. The molecule has 2 aromatic rings. The molecule has 30 heavy (non-hydrogen) atoms. The van der Waals surface area contributed by atoms with Crippen LogP contribution in [-0.2, 0) is 19.4 Å². The molecule has 2 aliphatic heterocycles. The number of sulfone groups is 1. The molecule has 2 atom stereocenters. The van der Waals surface area contributed by atoms with Gasteiger partial charge in [0.1, 0.15) is 5.76 Å². The molecule has 4 rings (SSSR count). The maximum Gasteiger partial charge on any atom is 0.295 e. The first-order valence-corrected chi connectivity index (χ1v) is 11.8. The van der Waals surface area contributed by atoms with Gasteiger partial charge in [-0.05, 0) is 48.4 Å². The summed E-state index contributed by atoms with van der Waals surface area (Å²) in [5, 5.41) is 11.9. The fraction of sp³-hybridized carbons (Fsp3) is 0.238. The van der Waals surface area contributed by atoms with Crippen molar-refractivity contribution in [1.82, 2.24) is 4.90 Å². The summed E-state index contributed by atoms with van der Waals surface area (Å²) in [5.74, 6) is -2.29. The van der Waals surface area contributed by atoms with Gasteiger partial charge in [0.15, 0.2) is 9.84 Å². The van der Waals surface area contributed by atoms with Gasteiger partial charge in [-0.1, -0.05) is 35.3 Å². The third-order valence-corrected chi connectivity index (χ3v) is 7.64. The average molecular weight is 466 g/mol. The highest BCUT2D eigenvalue weighted by molar-refractivity contribution is 7.91. The maximum atomic E-state index is 13.0. The Bertz CT molecular complexity index is 1160. The zero-order valence-corrected chi connectivity index (χ0v) is 17.9. The summed E-state index contributed by atoms with van der Waals surface area (Å²) in [4.78, 5) is 27.2. The lowest BCUT2D eigenvalue weighted by atomic mass is 9.95. The monoisotopic (exact) mass is 465 g/mol. The summed E-state index contributed by atoms with van der Waals surface area (Å²) < 4.78 is 24.1. The third kappa shape index (κ3) is 3.73. The van der Waals surface area contributed by atoms with Gasteiger partial charge in [-0.25, -0.2) is 8.42 Å². The van der Waals surface area contributed by atoms with Crippen LogP contribution in [0.25, 0.3) is 5.76 Å². The lowest BCUT2D eigenvalue weighted by Crippen LogP contribution is -2.40. The molecule has 2 saturated heterocycles. The van der Waals surface area contributed by atoms with Gasteiger partial charge in [0.05, 0.1) is 23.1 Å². The summed E-state index contributed by atoms with van der Waals surface area (Å²) in [6.45, 7) is 0. The number of hydrogen-bond donors (Lipinski definition) is 1. The Morgan fingerprint density at radius 3 is 2.07 bits per heavy atom. The molecule has 0 radical (unpaired) electrons. The molecule has 2 aromatic carbocycles. The zero-order chi connectivity index (χ0) is 21.6. The average Bonchev–Trinajstić information content (AvgIpc) is 3.19. The summed E-state index contributed by atoms with van der Waals surface area (Å²) in [7, 11) is -3.30. The van der Waals surface area contributed by atoms with E-state index >= 15 is 0 Å². The number of likely N-dealkylation sites (tertiary alicyclic amines) is 1. The minimum atomic E-state index is -3.30. The molecule has 9 heteroatoms. The zero-order valence-electron chi connectivity index (χ0n) is 15.6. The third-order valence-electron chi connectivity index (χ3n) is 5.39. The van der Waals surface area contributed by atoms with E-state index in [-0.39, 0.29) is 29.3 Å². The Labute approximate surface area is 183 Å². The molecule has 0 saturated carbocycles. The van der Waals surface area contributed by atoms with E-state index in [9.17, 15) is 23.1 Å². The number of rotatable bonds is 3. The van der Waals surface area contributed by atoms with Crippen LogP contribution in [0.2, 0.25) is 10.0 Å². The number of carbonyl (C=O) groups is 2. The van der Waals surface area contributed by atoms with E-state index in [1.54, 1.807) is 48.5 Å². The Kier molecular flexibility index (Phi) is 5.38. The van der Waals surface area contributed by atoms with Crippen LogP contribution in [0.1, 0.15) is 23.6 Å². The van der Waals surface area contributed by atoms with Crippen molar-refractivity contribution >= 4 is 50.5 Å².